The Bertz CT molecular complexity index is 1270. The van der Waals surface area contributed by atoms with Crippen LogP contribution in [0.3, 0.4) is 0 Å². The highest BCUT2D eigenvalue weighted by molar-refractivity contribution is 7.89. The van der Waals surface area contributed by atoms with Gasteiger partial charge in [-0.05, 0) is 43.2 Å². The molecule has 0 bridgehead atoms. The molecule has 1 aliphatic heterocycles. The molecule has 34 heavy (non-hydrogen) atoms. The van der Waals surface area contributed by atoms with E-state index in [0.717, 1.165) is 31.9 Å². The van der Waals surface area contributed by atoms with Crippen LogP contribution in [0.2, 0.25) is 0 Å². The number of nitrogens with one attached hydrogen (secondary N) is 1. The second-order valence-electron chi connectivity index (χ2n) is 7.95. The number of anilines is 1. The smallest absolute Gasteiger partial charge is 0.322 e. The van der Waals surface area contributed by atoms with E-state index in [4.69, 9.17) is 0 Å². The number of amides is 1. The number of para-hydroxylation sites is 1. The second-order valence-corrected chi connectivity index (χ2v) is 9.89. The van der Waals surface area contributed by atoms with E-state index in [1.165, 1.54) is 40.7 Å². The lowest BCUT2D eigenvalue weighted by Gasteiger charge is -2.20. The molecule has 0 spiro atoms. The Balaban J connectivity index is 1.62. The molecule has 3 aromatic rings. The Morgan fingerprint density at radius 3 is 2.26 bits per heavy atom. The van der Waals surface area contributed by atoms with Gasteiger partial charge >= 0.3 is 6.18 Å². The summed E-state index contributed by atoms with van der Waals surface area (Å²) >= 11 is 0. The molecule has 4 rings (SSSR count). The molecule has 1 saturated heterocycles. The molecule has 7 nitrogen and oxygen atoms in total. The van der Waals surface area contributed by atoms with E-state index in [-0.39, 0.29) is 16.3 Å². The van der Waals surface area contributed by atoms with E-state index in [2.05, 4.69) is 10.4 Å². The monoisotopic (exact) mass is 492 g/mol. The molecule has 1 aliphatic rings. The average molecular weight is 493 g/mol. The summed E-state index contributed by atoms with van der Waals surface area (Å²) in [5.74, 6) is -1.04. The summed E-state index contributed by atoms with van der Waals surface area (Å²) in [7, 11) is -3.79. The van der Waals surface area contributed by atoms with Gasteiger partial charge < -0.3 is 5.32 Å². The number of nitrogens with zero attached hydrogens (tertiary/aromatic N) is 3. The molecule has 0 unspecified atom stereocenters. The van der Waals surface area contributed by atoms with E-state index < -0.39 is 33.4 Å². The Morgan fingerprint density at radius 1 is 0.941 bits per heavy atom. The third-order valence-corrected chi connectivity index (χ3v) is 7.47. The summed E-state index contributed by atoms with van der Waals surface area (Å²) in [6.45, 7) is 0.819. The molecule has 1 fully saturated rings. The summed E-state index contributed by atoms with van der Waals surface area (Å²) in [5, 5.41) is 6.16. The average Bonchev–Trinajstić information content (AvgIpc) is 3.09. The summed E-state index contributed by atoms with van der Waals surface area (Å²) in [5.41, 5.74) is -1.66. The first-order valence-electron chi connectivity index (χ1n) is 10.8. The standard InChI is InChI=1S/C23H23F3N4O3S/c24-23(25,26)21-20(16-27-30(21)18-10-4-3-5-11-18)22(31)28-17-9-8-12-19(15-17)34(32,33)29-13-6-1-2-7-14-29/h3-5,8-12,15-16H,1-2,6-7,13-14H2,(H,28,31). The quantitative estimate of drug-likeness (QED) is 0.559. The lowest BCUT2D eigenvalue weighted by molar-refractivity contribution is -0.143. The van der Waals surface area contributed by atoms with Crippen LogP contribution in [0.1, 0.15) is 41.7 Å². The molecule has 180 valence electrons. The van der Waals surface area contributed by atoms with Crippen LogP contribution in [0.25, 0.3) is 5.69 Å². The minimum absolute atomic E-state index is 0.0248. The number of aromatic nitrogens is 2. The fourth-order valence-corrected chi connectivity index (χ4v) is 5.48. The van der Waals surface area contributed by atoms with Gasteiger partial charge in [0.05, 0.1) is 22.3 Å². The van der Waals surface area contributed by atoms with Crippen molar-refractivity contribution in [2.45, 2.75) is 36.8 Å². The first-order valence-corrected chi connectivity index (χ1v) is 12.2. The summed E-state index contributed by atoms with van der Waals surface area (Å²) < 4.78 is 69.7. The predicted octanol–water partition coefficient (Wildman–Crippen LogP) is 4.71. The van der Waals surface area contributed by atoms with Gasteiger partial charge in [0.2, 0.25) is 10.0 Å². The van der Waals surface area contributed by atoms with Crippen molar-refractivity contribution in [3.8, 4) is 5.69 Å². The van der Waals surface area contributed by atoms with Crippen LogP contribution < -0.4 is 5.32 Å². The molecular formula is C23H23F3N4O3S. The Labute approximate surface area is 195 Å². The van der Waals surface area contributed by atoms with Gasteiger partial charge in [0.15, 0.2) is 5.69 Å². The number of benzene rings is 2. The third kappa shape index (κ3) is 5.00. The van der Waals surface area contributed by atoms with Crippen molar-refractivity contribution in [1.29, 1.82) is 0 Å². The highest BCUT2D eigenvalue weighted by Crippen LogP contribution is 2.34. The van der Waals surface area contributed by atoms with Gasteiger partial charge in [-0.25, -0.2) is 13.1 Å². The SMILES string of the molecule is O=C(Nc1cccc(S(=O)(=O)N2CCCCCC2)c1)c1cnn(-c2ccccc2)c1C(F)(F)F. The molecular weight excluding hydrogens is 469 g/mol. The number of carbonyl (C=O) groups excluding carboxylic acids is 1. The normalized spacial score (nSPS) is 15.6. The molecule has 11 heteroatoms. The molecule has 2 aromatic carbocycles. The number of hydrogen-bond donors (Lipinski definition) is 1. The van der Waals surface area contributed by atoms with Gasteiger partial charge in [-0.2, -0.15) is 22.6 Å². The van der Waals surface area contributed by atoms with E-state index in [1.54, 1.807) is 18.2 Å². The molecule has 1 N–H and O–H groups in total. The van der Waals surface area contributed by atoms with Gasteiger partial charge in [0.25, 0.3) is 5.91 Å². The van der Waals surface area contributed by atoms with E-state index in [0.29, 0.717) is 17.8 Å². The summed E-state index contributed by atoms with van der Waals surface area (Å²) in [6, 6.07) is 13.2. The topological polar surface area (TPSA) is 84.3 Å². The van der Waals surface area contributed by atoms with Gasteiger partial charge in [0.1, 0.15) is 0 Å². The number of alkyl halides is 3. The molecule has 0 aliphatic carbocycles. The zero-order valence-corrected chi connectivity index (χ0v) is 18.9. The fraction of sp³-hybridized carbons (Fsp3) is 0.304. The van der Waals surface area contributed by atoms with Crippen molar-refractivity contribution in [2.75, 3.05) is 18.4 Å². The molecule has 2 heterocycles. The Morgan fingerprint density at radius 2 is 1.62 bits per heavy atom. The fourth-order valence-electron chi connectivity index (χ4n) is 3.92. The first kappa shape index (κ1) is 24.0. The summed E-state index contributed by atoms with van der Waals surface area (Å²) in [6.07, 6.45) is -0.552. The largest absolute Gasteiger partial charge is 0.434 e. The maximum Gasteiger partial charge on any atom is 0.434 e. The molecule has 1 amide bonds. The Hall–Kier alpha value is -3.18. The van der Waals surface area contributed by atoms with Crippen molar-refractivity contribution in [2.24, 2.45) is 0 Å². The third-order valence-electron chi connectivity index (χ3n) is 5.58. The van der Waals surface area contributed by atoms with Crippen molar-refractivity contribution in [1.82, 2.24) is 14.1 Å². The highest BCUT2D eigenvalue weighted by atomic mass is 32.2. The molecule has 1 aromatic heterocycles. The zero-order valence-electron chi connectivity index (χ0n) is 18.1. The number of sulfonamides is 1. The van der Waals surface area contributed by atoms with Crippen LogP contribution >= 0.6 is 0 Å². The van der Waals surface area contributed by atoms with E-state index in [9.17, 15) is 26.4 Å². The number of hydrogen-bond acceptors (Lipinski definition) is 4. The molecule has 0 saturated carbocycles. The predicted molar refractivity (Wildman–Crippen MR) is 120 cm³/mol. The second kappa shape index (κ2) is 9.59. The summed E-state index contributed by atoms with van der Waals surface area (Å²) in [4.78, 5) is 12.8. The van der Waals surface area contributed by atoms with Crippen molar-refractivity contribution < 1.29 is 26.4 Å². The lowest BCUT2D eigenvalue weighted by atomic mass is 10.2. The van der Waals surface area contributed by atoms with Crippen LogP contribution in [-0.4, -0.2) is 41.5 Å². The highest BCUT2D eigenvalue weighted by Gasteiger charge is 2.40. The van der Waals surface area contributed by atoms with Crippen LogP contribution in [-0.2, 0) is 16.2 Å². The van der Waals surface area contributed by atoms with Crippen molar-refractivity contribution in [3.63, 3.8) is 0 Å². The number of halogens is 3. The number of carbonyl (C=O) groups is 1. The molecule has 0 atom stereocenters. The minimum Gasteiger partial charge on any atom is -0.322 e. The Kier molecular flexibility index (Phi) is 6.76. The first-order chi connectivity index (χ1) is 16.2. The van der Waals surface area contributed by atoms with Gasteiger partial charge in [-0.3, -0.25) is 4.79 Å². The minimum atomic E-state index is -4.85. The number of rotatable bonds is 5. The lowest BCUT2D eigenvalue weighted by Crippen LogP contribution is -2.32. The molecule has 0 radical (unpaired) electrons. The van der Waals surface area contributed by atoms with Crippen LogP contribution in [0, 0.1) is 0 Å². The zero-order chi connectivity index (χ0) is 24.3. The van der Waals surface area contributed by atoms with E-state index >= 15 is 0 Å². The van der Waals surface area contributed by atoms with Crippen LogP contribution in [0.5, 0.6) is 0 Å². The van der Waals surface area contributed by atoms with E-state index in [1.807, 2.05) is 0 Å². The van der Waals surface area contributed by atoms with Crippen molar-refractivity contribution in [3.05, 3.63) is 72.1 Å². The van der Waals surface area contributed by atoms with Gasteiger partial charge in [-0.1, -0.05) is 37.1 Å². The maximum atomic E-state index is 13.9. The van der Waals surface area contributed by atoms with Crippen LogP contribution in [0.4, 0.5) is 18.9 Å². The van der Waals surface area contributed by atoms with Crippen LogP contribution in [0.15, 0.2) is 65.7 Å². The van der Waals surface area contributed by atoms with Crippen molar-refractivity contribution >= 4 is 21.6 Å². The van der Waals surface area contributed by atoms with Gasteiger partial charge in [0, 0.05) is 18.8 Å². The maximum absolute atomic E-state index is 13.9. The van der Waals surface area contributed by atoms with Gasteiger partial charge in [-0.15, -0.1) is 0 Å².